The van der Waals surface area contributed by atoms with Gasteiger partial charge in [0.25, 0.3) is 0 Å². The Morgan fingerprint density at radius 2 is 2.12 bits per heavy atom. The lowest BCUT2D eigenvalue weighted by Crippen LogP contribution is -2.39. The first-order valence-corrected chi connectivity index (χ1v) is 4.64. The van der Waals surface area contributed by atoms with Crippen molar-refractivity contribution in [1.29, 1.82) is 0 Å². The fourth-order valence-corrected chi connectivity index (χ4v) is 0.857. The van der Waals surface area contributed by atoms with Crippen LogP contribution in [-0.2, 0) is 9.59 Å². The molecule has 0 aliphatic rings. The standard InChI is InChI=1S/C8H9N5O2S/c9-5(16)3-12-7(14)8(15)13-6-4-10-1-2-11-6/h1-2,4H,3H2,(H2,9,16)(H,12,14)(H,11,13,15). The van der Waals surface area contributed by atoms with Crippen molar-refractivity contribution in [1.82, 2.24) is 15.3 Å². The number of amides is 2. The molecule has 0 atom stereocenters. The van der Waals surface area contributed by atoms with Crippen LogP contribution in [0, 0.1) is 0 Å². The molecule has 4 N–H and O–H groups in total. The quantitative estimate of drug-likeness (QED) is 0.452. The van der Waals surface area contributed by atoms with Crippen molar-refractivity contribution in [3.8, 4) is 0 Å². The number of nitrogens with one attached hydrogen (secondary N) is 2. The Balaban J connectivity index is 2.46. The van der Waals surface area contributed by atoms with E-state index in [0.717, 1.165) is 0 Å². The third-order valence-electron chi connectivity index (χ3n) is 1.43. The number of thiocarbonyl (C=S) groups is 1. The molecule has 0 unspecified atom stereocenters. The summed E-state index contributed by atoms with van der Waals surface area (Å²) in [5.74, 6) is -1.49. The Bertz CT molecular complexity index is 408. The van der Waals surface area contributed by atoms with Gasteiger partial charge in [-0.1, -0.05) is 12.2 Å². The predicted octanol–water partition coefficient (Wildman–Crippen LogP) is -1.18. The van der Waals surface area contributed by atoms with Gasteiger partial charge in [0.15, 0.2) is 5.82 Å². The van der Waals surface area contributed by atoms with Crippen LogP contribution >= 0.6 is 12.2 Å². The fraction of sp³-hybridized carbons (Fsp3) is 0.125. The number of rotatable bonds is 3. The average molecular weight is 239 g/mol. The summed E-state index contributed by atoms with van der Waals surface area (Å²) in [6.45, 7) is -0.0257. The fourth-order valence-electron chi connectivity index (χ4n) is 0.784. The molecule has 0 bridgehead atoms. The highest BCUT2D eigenvalue weighted by Gasteiger charge is 2.13. The summed E-state index contributed by atoms with van der Waals surface area (Å²) in [5.41, 5.74) is 5.16. The molecule has 0 aliphatic carbocycles. The van der Waals surface area contributed by atoms with Crippen molar-refractivity contribution < 1.29 is 9.59 Å². The molecule has 2 amide bonds. The van der Waals surface area contributed by atoms with Gasteiger partial charge in [-0.15, -0.1) is 0 Å². The smallest absolute Gasteiger partial charge is 0.314 e. The van der Waals surface area contributed by atoms with Gasteiger partial charge in [-0.05, 0) is 0 Å². The molecule has 1 heterocycles. The monoisotopic (exact) mass is 239 g/mol. The highest BCUT2D eigenvalue weighted by Crippen LogP contribution is 1.95. The van der Waals surface area contributed by atoms with Crippen molar-refractivity contribution in [2.45, 2.75) is 0 Å². The molecule has 16 heavy (non-hydrogen) atoms. The van der Waals surface area contributed by atoms with Crippen LogP contribution in [0.15, 0.2) is 18.6 Å². The Morgan fingerprint density at radius 1 is 1.38 bits per heavy atom. The summed E-state index contributed by atoms with van der Waals surface area (Å²) in [4.78, 5) is 30.0. The molecule has 0 saturated carbocycles. The Kier molecular flexibility index (Phi) is 4.28. The van der Waals surface area contributed by atoms with Gasteiger partial charge in [0.1, 0.15) is 0 Å². The maximum Gasteiger partial charge on any atom is 0.314 e. The lowest BCUT2D eigenvalue weighted by atomic mass is 10.5. The van der Waals surface area contributed by atoms with Crippen LogP contribution in [0.4, 0.5) is 5.82 Å². The van der Waals surface area contributed by atoms with E-state index in [4.69, 9.17) is 5.73 Å². The van der Waals surface area contributed by atoms with Gasteiger partial charge in [-0.25, -0.2) is 4.98 Å². The van der Waals surface area contributed by atoms with Crippen molar-refractivity contribution in [2.24, 2.45) is 5.73 Å². The minimum atomic E-state index is -0.850. The molecule has 0 aliphatic heterocycles. The molecule has 8 heteroatoms. The summed E-state index contributed by atoms with van der Waals surface area (Å²) >= 11 is 4.54. The lowest BCUT2D eigenvalue weighted by molar-refractivity contribution is -0.136. The van der Waals surface area contributed by atoms with E-state index in [1.54, 1.807) is 0 Å². The normalized spacial score (nSPS) is 9.25. The predicted molar refractivity (Wildman–Crippen MR) is 60.5 cm³/mol. The van der Waals surface area contributed by atoms with Crippen LogP contribution < -0.4 is 16.4 Å². The molecule has 7 nitrogen and oxygen atoms in total. The minimum absolute atomic E-state index is 0.0257. The second-order valence-corrected chi connectivity index (χ2v) is 3.22. The molecular weight excluding hydrogens is 230 g/mol. The Labute approximate surface area is 96.5 Å². The van der Waals surface area contributed by atoms with E-state index >= 15 is 0 Å². The molecule has 1 aromatic heterocycles. The van der Waals surface area contributed by atoms with Crippen LogP contribution in [0.3, 0.4) is 0 Å². The summed E-state index contributed by atoms with van der Waals surface area (Å²) in [7, 11) is 0. The van der Waals surface area contributed by atoms with Crippen LogP contribution in [0.1, 0.15) is 0 Å². The maximum absolute atomic E-state index is 11.2. The first-order chi connectivity index (χ1) is 7.59. The van der Waals surface area contributed by atoms with E-state index in [-0.39, 0.29) is 17.4 Å². The second kappa shape index (κ2) is 5.71. The largest absolute Gasteiger partial charge is 0.392 e. The molecular formula is C8H9N5O2S. The van der Waals surface area contributed by atoms with Crippen LogP contribution in [0.5, 0.6) is 0 Å². The van der Waals surface area contributed by atoms with Crippen molar-refractivity contribution in [3.63, 3.8) is 0 Å². The summed E-state index contributed by atoms with van der Waals surface area (Å²) in [6, 6.07) is 0. The van der Waals surface area contributed by atoms with E-state index in [2.05, 4.69) is 32.8 Å². The second-order valence-electron chi connectivity index (χ2n) is 2.69. The van der Waals surface area contributed by atoms with Gasteiger partial charge in [-0.2, -0.15) is 0 Å². The van der Waals surface area contributed by atoms with E-state index < -0.39 is 11.8 Å². The zero-order chi connectivity index (χ0) is 12.0. The number of nitrogens with zero attached hydrogens (tertiary/aromatic N) is 2. The number of anilines is 1. The van der Waals surface area contributed by atoms with Gasteiger partial charge in [-0.3, -0.25) is 14.6 Å². The van der Waals surface area contributed by atoms with Crippen LogP contribution in [0.2, 0.25) is 0 Å². The van der Waals surface area contributed by atoms with Gasteiger partial charge in [0, 0.05) is 12.4 Å². The first kappa shape index (κ1) is 12.0. The van der Waals surface area contributed by atoms with E-state index in [0.29, 0.717) is 0 Å². The highest BCUT2D eigenvalue weighted by molar-refractivity contribution is 7.80. The Hall–Kier alpha value is -2.09. The van der Waals surface area contributed by atoms with Gasteiger partial charge >= 0.3 is 11.8 Å². The summed E-state index contributed by atoms with van der Waals surface area (Å²) < 4.78 is 0. The molecule has 0 fully saturated rings. The van der Waals surface area contributed by atoms with Gasteiger partial charge in [0.2, 0.25) is 0 Å². The van der Waals surface area contributed by atoms with Crippen LogP contribution in [-0.4, -0.2) is 33.3 Å². The van der Waals surface area contributed by atoms with Gasteiger partial charge in [0.05, 0.1) is 17.7 Å². The molecule has 0 saturated heterocycles. The molecule has 0 aromatic carbocycles. The number of carbonyl (C=O) groups is 2. The zero-order valence-corrected chi connectivity index (χ0v) is 8.95. The van der Waals surface area contributed by atoms with E-state index in [1.165, 1.54) is 18.6 Å². The Morgan fingerprint density at radius 3 is 2.69 bits per heavy atom. The third-order valence-corrected chi connectivity index (χ3v) is 1.58. The number of aromatic nitrogens is 2. The molecule has 1 aromatic rings. The maximum atomic E-state index is 11.2. The zero-order valence-electron chi connectivity index (χ0n) is 8.14. The first-order valence-electron chi connectivity index (χ1n) is 4.23. The average Bonchev–Trinajstić information content (AvgIpc) is 2.27. The van der Waals surface area contributed by atoms with Crippen molar-refractivity contribution >= 4 is 34.8 Å². The molecule has 84 valence electrons. The number of hydrogen-bond acceptors (Lipinski definition) is 5. The number of carbonyl (C=O) groups excluding carboxylic acids is 2. The summed E-state index contributed by atoms with van der Waals surface area (Å²) in [6.07, 6.45) is 4.16. The SMILES string of the molecule is NC(=S)CNC(=O)C(=O)Nc1cnccn1. The third kappa shape index (κ3) is 3.96. The van der Waals surface area contributed by atoms with E-state index in [1.807, 2.05) is 0 Å². The lowest BCUT2D eigenvalue weighted by Gasteiger charge is -2.04. The summed E-state index contributed by atoms with van der Waals surface area (Å²) in [5, 5.41) is 4.49. The van der Waals surface area contributed by atoms with Crippen molar-refractivity contribution in [3.05, 3.63) is 18.6 Å². The topological polar surface area (TPSA) is 110 Å². The molecule has 0 spiro atoms. The number of hydrogen-bond donors (Lipinski definition) is 3. The van der Waals surface area contributed by atoms with Gasteiger partial charge < -0.3 is 16.4 Å². The highest BCUT2D eigenvalue weighted by atomic mass is 32.1. The molecule has 1 rings (SSSR count). The van der Waals surface area contributed by atoms with Crippen LogP contribution in [0.25, 0.3) is 0 Å². The van der Waals surface area contributed by atoms with E-state index in [9.17, 15) is 9.59 Å². The molecule has 0 radical (unpaired) electrons. The minimum Gasteiger partial charge on any atom is -0.392 e. The van der Waals surface area contributed by atoms with Crippen molar-refractivity contribution in [2.75, 3.05) is 11.9 Å². The number of nitrogens with two attached hydrogens (primary N) is 1.